The number of aromatic nitrogens is 1. The normalized spacial score (nSPS) is 10.4. The fourth-order valence-electron chi connectivity index (χ4n) is 1.50. The van der Waals surface area contributed by atoms with Crippen LogP contribution in [-0.2, 0) is 6.54 Å². The smallest absolute Gasteiger partial charge is 0.219 e. The molecule has 0 spiro atoms. The molecule has 1 heterocycles. The Kier molecular flexibility index (Phi) is 3.79. The van der Waals surface area contributed by atoms with E-state index in [4.69, 9.17) is 22.1 Å². The summed E-state index contributed by atoms with van der Waals surface area (Å²) in [5, 5.41) is 0.332. The zero-order valence-electron chi connectivity index (χ0n) is 9.78. The zero-order chi connectivity index (χ0) is 13.1. The van der Waals surface area contributed by atoms with Gasteiger partial charge in [0.15, 0.2) is 5.75 Å². The van der Waals surface area contributed by atoms with Gasteiger partial charge in [-0.1, -0.05) is 11.6 Å². The van der Waals surface area contributed by atoms with Crippen LogP contribution in [0.3, 0.4) is 0 Å². The van der Waals surface area contributed by atoms with Gasteiger partial charge in [-0.3, -0.25) is 0 Å². The SMILES string of the molecule is Cc1cc(Oc2cc(F)ccc2Cl)ncc1CN. The van der Waals surface area contributed by atoms with Gasteiger partial charge >= 0.3 is 0 Å². The van der Waals surface area contributed by atoms with Crippen LogP contribution < -0.4 is 10.5 Å². The average Bonchev–Trinajstić information content (AvgIpc) is 2.34. The summed E-state index contributed by atoms with van der Waals surface area (Å²) in [4.78, 5) is 4.09. The van der Waals surface area contributed by atoms with Crippen molar-refractivity contribution in [2.75, 3.05) is 0 Å². The Hall–Kier alpha value is -1.65. The van der Waals surface area contributed by atoms with Crippen LogP contribution in [0, 0.1) is 12.7 Å². The summed E-state index contributed by atoms with van der Waals surface area (Å²) in [5.41, 5.74) is 7.45. The van der Waals surface area contributed by atoms with Gasteiger partial charge in [0, 0.05) is 24.9 Å². The molecule has 0 amide bonds. The van der Waals surface area contributed by atoms with E-state index in [9.17, 15) is 4.39 Å². The molecule has 0 saturated heterocycles. The average molecular weight is 267 g/mol. The second kappa shape index (κ2) is 5.33. The first kappa shape index (κ1) is 12.8. The molecule has 94 valence electrons. The Morgan fingerprint density at radius 1 is 1.39 bits per heavy atom. The lowest BCUT2D eigenvalue weighted by atomic mass is 10.1. The van der Waals surface area contributed by atoms with Crippen molar-refractivity contribution >= 4 is 11.6 Å². The predicted molar refractivity (Wildman–Crippen MR) is 68.3 cm³/mol. The Morgan fingerprint density at radius 2 is 2.17 bits per heavy atom. The zero-order valence-corrected chi connectivity index (χ0v) is 10.5. The molecule has 0 unspecified atom stereocenters. The minimum absolute atomic E-state index is 0.240. The first-order chi connectivity index (χ1) is 8.60. The summed E-state index contributed by atoms with van der Waals surface area (Å²) in [7, 11) is 0. The summed E-state index contributed by atoms with van der Waals surface area (Å²) in [6.07, 6.45) is 1.64. The maximum Gasteiger partial charge on any atom is 0.219 e. The van der Waals surface area contributed by atoms with E-state index in [1.807, 2.05) is 6.92 Å². The number of hydrogen-bond acceptors (Lipinski definition) is 3. The van der Waals surface area contributed by atoms with Gasteiger partial charge in [-0.05, 0) is 30.2 Å². The maximum absolute atomic E-state index is 13.1. The number of pyridine rings is 1. The van der Waals surface area contributed by atoms with Crippen molar-refractivity contribution in [3.63, 3.8) is 0 Å². The third kappa shape index (κ3) is 2.78. The van der Waals surface area contributed by atoms with E-state index in [0.717, 1.165) is 11.1 Å². The van der Waals surface area contributed by atoms with Crippen molar-refractivity contribution in [1.82, 2.24) is 4.98 Å². The lowest BCUT2D eigenvalue weighted by Gasteiger charge is -2.09. The number of nitrogens with zero attached hydrogens (tertiary/aromatic N) is 1. The third-order valence-electron chi connectivity index (χ3n) is 2.52. The minimum Gasteiger partial charge on any atom is -0.437 e. The van der Waals surface area contributed by atoms with Crippen LogP contribution in [0.1, 0.15) is 11.1 Å². The van der Waals surface area contributed by atoms with Crippen molar-refractivity contribution in [1.29, 1.82) is 0 Å². The highest BCUT2D eigenvalue weighted by Crippen LogP contribution is 2.29. The molecule has 1 aromatic heterocycles. The number of nitrogens with two attached hydrogens (primary N) is 1. The number of halogens is 2. The molecule has 0 aliphatic heterocycles. The number of benzene rings is 1. The topological polar surface area (TPSA) is 48.1 Å². The summed E-state index contributed by atoms with van der Waals surface area (Å²) in [6, 6.07) is 5.67. The molecule has 1 aromatic carbocycles. The van der Waals surface area contributed by atoms with Gasteiger partial charge in [-0.25, -0.2) is 9.37 Å². The number of ether oxygens (including phenoxy) is 1. The van der Waals surface area contributed by atoms with Crippen molar-refractivity contribution in [3.8, 4) is 11.6 Å². The highest BCUT2D eigenvalue weighted by molar-refractivity contribution is 6.32. The fourth-order valence-corrected chi connectivity index (χ4v) is 1.65. The highest BCUT2D eigenvalue weighted by atomic mass is 35.5. The monoisotopic (exact) mass is 266 g/mol. The minimum atomic E-state index is -0.412. The summed E-state index contributed by atoms with van der Waals surface area (Å²) >= 11 is 5.91. The second-order valence-electron chi connectivity index (χ2n) is 3.83. The van der Waals surface area contributed by atoms with Gasteiger partial charge in [-0.2, -0.15) is 0 Å². The van der Waals surface area contributed by atoms with E-state index >= 15 is 0 Å². The molecule has 2 rings (SSSR count). The Morgan fingerprint density at radius 3 is 2.83 bits per heavy atom. The summed E-state index contributed by atoms with van der Waals surface area (Å²) in [5.74, 6) is 0.186. The van der Waals surface area contributed by atoms with Crippen LogP contribution in [-0.4, -0.2) is 4.98 Å². The molecule has 0 atom stereocenters. The first-order valence-corrected chi connectivity index (χ1v) is 5.76. The predicted octanol–water partition coefficient (Wildman–Crippen LogP) is 3.43. The quantitative estimate of drug-likeness (QED) is 0.926. The number of rotatable bonds is 3. The molecular weight excluding hydrogens is 255 g/mol. The van der Waals surface area contributed by atoms with Gasteiger partial charge in [0.25, 0.3) is 0 Å². The molecule has 2 N–H and O–H groups in total. The molecule has 0 aliphatic rings. The fraction of sp³-hybridized carbons (Fsp3) is 0.154. The van der Waals surface area contributed by atoms with Crippen LogP contribution in [0.25, 0.3) is 0 Å². The van der Waals surface area contributed by atoms with E-state index in [1.54, 1.807) is 12.3 Å². The first-order valence-electron chi connectivity index (χ1n) is 5.38. The second-order valence-corrected chi connectivity index (χ2v) is 4.24. The molecule has 0 bridgehead atoms. The summed E-state index contributed by atoms with van der Waals surface area (Å²) in [6.45, 7) is 2.32. The van der Waals surface area contributed by atoms with E-state index in [0.29, 0.717) is 17.4 Å². The Balaban J connectivity index is 2.28. The molecule has 3 nitrogen and oxygen atoms in total. The highest BCUT2D eigenvalue weighted by Gasteiger charge is 2.07. The molecule has 0 saturated carbocycles. The Labute approximate surface area is 109 Å². The van der Waals surface area contributed by atoms with Gasteiger partial charge in [-0.15, -0.1) is 0 Å². The van der Waals surface area contributed by atoms with Gasteiger partial charge in [0.2, 0.25) is 5.88 Å². The van der Waals surface area contributed by atoms with E-state index in [-0.39, 0.29) is 5.75 Å². The maximum atomic E-state index is 13.1. The standard InChI is InChI=1S/C13H12ClFN2O/c1-8-4-13(17-7-9(8)6-16)18-12-5-10(15)2-3-11(12)14/h2-5,7H,6,16H2,1H3. The van der Waals surface area contributed by atoms with Crippen molar-refractivity contribution < 1.29 is 9.13 Å². The molecule has 0 radical (unpaired) electrons. The largest absolute Gasteiger partial charge is 0.437 e. The Bertz CT molecular complexity index is 575. The lowest BCUT2D eigenvalue weighted by molar-refractivity contribution is 0.457. The molecule has 18 heavy (non-hydrogen) atoms. The number of aryl methyl sites for hydroxylation is 1. The van der Waals surface area contributed by atoms with Gasteiger partial charge < -0.3 is 10.5 Å². The van der Waals surface area contributed by atoms with E-state index in [2.05, 4.69) is 4.98 Å². The van der Waals surface area contributed by atoms with Crippen LogP contribution in [0.5, 0.6) is 11.6 Å². The van der Waals surface area contributed by atoms with Crippen molar-refractivity contribution in [2.24, 2.45) is 5.73 Å². The number of hydrogen-bond donors (Lipinski definition) is 1. The van der Waals surface area contributed by atoms with Crippen LogP contribution in [0.4, 0.5) is 4.39 Å². The molecule has 0 fully saturated rings. The molecule has 5 heteroatoms. The van der Waals surface area contributed by atoms with Gasteiger partial charge in [0.1, 0.15) is 5.82 Å². The lowest BCUT2D eigenvalue weighted by Crippen LogP contribution is -2.00. The molecule has 0 aliphatic carbocycles. The van der Waals surface area contributed by atoms with Crippen molar-refractivity contribution in [3.05, 3.63) is 52.4 Å². The molecule has 2 aromatic rings. The van der Waals surface area contributed by atoms with Gasteiger partial charge in [0.05, 0.1) is 5.02 Å². The third-order valence-corrected chi connectivity index (χ3v) is 2.83. The summed E-state index contributed by atoms with van der Waals surface area (Å²) < 4.78 is 18.5. The van der Waals surface area contributed by atoms with Crippen LogP contribution >= 0.6 is 11.6 Å². The van der Waals surface area contributed by atoms with Crippen LogP contribution in [0.2, 0.25) is 5.02 Å². The van der Waals surface area contributed by atoms with Crippen LogP contribution in [0.15, 0.2) is 30.5 Å². The van der Waals surface area contributed by atoms with E-state index in [1.165, 1.54) is 18.2 Å². The molecular formula is C13H12ClFN2O. The van der Waals surface area contributed by atoms with Crippen molar-refractivity contribution in [2.45, 2.75) is 13.5 Å². The van der Waals surface area contributed by atoms with E-state index < -0.39 is 5.82 Å².